The Morgan fingerprint density at radius 3 is 2.62 bits per heavy atom. The number of carbonyl (C=O) groups is 2. The van der Waals surface area contributed by atoms with E-state index in [0.717, 1.165) is 78.9 Å². The van der Waals surface area contributed by atoms with E-state index >= 15 is 0 Å². The average Bonchev–Trinajstić information content (AvgIpc) is 3.49. The fraction of sp³-hybridized carbons (Fsp3) is 0.568. The highest BCUT2D eigenvalue weighted by Gasteiger charge is 2.68. The zero-order chi connectivity index (χ0) is 32.4. The second kappa shape index (κ2) is 10.0. The molecule has 10 nitrogen and oxygen atoms in total. The number of hydrogen-bond donors (Lipinski definition) is 2. The van der Waals surface area contributed by atoms with E-state index < -0.39 is 0 Å². The van der Waals surface area contributed by atoms with Crippen molar-refractivity contribution in [3.05, 3.63) is 47.3 Å². The third-order valence-corrected chi connectivity index (χ3v) is 12.2. The number of hydrogen-bond acceptors (Lipinski definition) is 6. The number of amides is 2. The summed E-state index contributed by atoms with van der Waals surface area (Å²) in [6.45, 7) is 7.83. The highest BCUT2D eigenvalue weighted by atomic mass is 16.5. The van der Waals surface area contributed by atoms with Gasteiger partial charge in [0.05, 0.1) is 35.6 Å². The van der Waals surface area contributed by atoms with Crippen molar-refractivity contribution in [1.82, 2.24) is 29.2 Å². The van der Waals surface area contributed by atoms with E-state index in [9.17, 15) is 9.59 Å². The van der Waals surface area contributed by atoms with E-state index in [2.05, 4.69) is 35.9 Å². The number of rotatable bonds is 8. The molecule has 4 bridgehead atoms. The lowest BCUT2D eigenvalue weighted by atomic mass is 9.35. The number of aromatic nitrogens is 4. The quantitative estimate of drug-likeness (QED) is 0.268. The van der Waals surface area contributed by atoms with Gasteiger partial charge in [0.15, 0.2) is 5.88 Å². The van der Waals surface area contributed by atoms with Gasteiger partial charge in [-0.15, -0.1) is 0 Å². The number of ether oxygens (including phenoxy) is 1. The van der Waals surface area contributed by atoms with Crippen LogP contribution in [0.1, 0.15) is 93.0 Å². The first-order valence-corrected chi connectivity index (χ1v) is 17.5. The molecular weight excluding hydrogens is 590 g/mol. The molecule has 0 aromatic carbocycles. The molecule has 4 aromatic rings. The molecule has 0 spiro atoms. The van der Waals surface area contributed by atoms with Crippen LogP contribution in [0.2, 0.25) is 0 Å². The number of nitrogens with two attached hydrogens (primary N) is 1. The number of carbonyl (C=O) groups excluding carboxylic acids is 2. The summed E-state index contributed by atoms with van der Waals surface area (Å²) in [4.78, 5) is 39.4. The summed E-state index contributed by atoms with van der Waals surface area (Å²) in [5, 5.41) is 4.33. The molecule has 5 saturated carbocycles. The number of piperidine rings is 1. The van der Waals surface area contributed by atoms with Gasteiger partial charge in [-0.3, -0.25) is 14.0 Å². The highest BCUT2D eigenvalue weighted by molar-refractivity contribution is 5.96. The molecule has 5 aliphatic carbocycles. The molecule has 10 heteroatoms. The van der Waals surface area contributed by atoms with Crippen molar-refractivity contribution in [2.45, 2.75) is 96.8 Å². The summed E-state index contributed by atoms with van der Waals surface area (Å²) < 4.78 is 10.2. The Balaban J connectivity index is 1.07. The molecule has 6 aliphatic rings. The van der Waals surface area contributed by atoms with Crippen LogP contribution in [0.15, 0.2) is 30.3 Å². The van der Waals surface area contributed by atoms with Gasteiger partial charge in [0.25, 0.3) is 5.91 Å². The predicted octanol–water partition coefficient (Wildman–Crippen LogP) is 5.40. The normalized spacial score (nSPS) is 29.9. The number of pyridine rings is 2. The largest absolute Gasteiger partial charge is 0.482 e. The molecule has 0 radical (unpaired) electrons. The topological polar surface area (TPSA) is 120 Å². The first-order valence-electron chi connectivity index (χ1n) is 17.5. The predicted molar refractivity (Wildman–Crippen MR) is 179 cm³/mol. The lowest BCUT2D eigenvalue weighted by Crippen LogP contribution is -2.66. The molecule has 4 aromatic heterocycles. The Morgan fingerprint density at radius 2 is 1.89 bits per heavy atom. The van der Waals surface area contributed by atoms with E-state index in [1.807, 2.05) is 34.4 Å². The second-order valence-electron chi connectivity index (χ2n) is 15.9. The molecule has 0 unspecified atom stereocenters. The summed E-state index contributed by atoms with van der Waals surface area (Å²) in [7, 11) is 1.64. The molecule has 1 saturated heterocycles. The highest BCUT2D eigenvalue weighted by Crippen LogP contribution is 2.73. The van der Waals surface area contributed by atoms with Crippen LogP contribution in [0, 0.1) is 29.6 Å². The number of fused-ring (bicyclic) bond motifs is 4. The van der Waals surface area contributed by atoms with Gasteiger partial charge in [-0.1, -0.05) is 6.92 Å². The van der Waals surface area contributed by atoms with Crippen molar-refractivity contribution < 1.29 is 14.3 Å². The number of methoxy groups -OCH3 is 1. The monoisotopic (exact) mass is 635 g/mol. The maximum absolute atomic E-state index is 13.9. The van der Waals surface area contributed by atoms with Crippen molar-refractivity contribution in [3.63, 3.8) is 0 Å². The Labute approximate surface area is 275 Å². The summed E-state index contributed by atoms with van der Waals surface area (Å²) in [5.74, 6) is 1.89. The van der Waals surface area contributed by atoms with Crippen molar-refractivity contribution in [1.29, 1.82) is 0 Å². The van der Waals surface area contributed by atoms with Gasteiger partial charge in [0.2, 0.25) is 5.91 Å². The van der Waals surface area contributed by atoms with Crippen LogP contribution in [-0.2, 0) is 11.3 Å². The Hall–Kier alpha value is -3.92. The van der Waals surface area contributed by atoms with Crippen molar-refractivity contribution in [2.75, 3.05) is 13.7 Å². The van der Waals surface area contributed by atoms with E-state index in [1.54, 1.807) is 7.11 Å². The molecule has 10 rings (SSSR count). The number of likely N-dealkylation sites (tertiary alicyclic amines) is 1. The number of imidazole rings is 1. The summed E-state index contributed by atoms with van der Waals surface area (Å²) in [6, 6.07) is 10.2. The van der Waals surface area contributed by atoms with Crippen LogP contribution in [-0.4, -0.2) is 61.4 Å². The third-order valence-electron chi connectivity index (χ3n) is 12.2. The lowest BCUT2D eigenvalue weighted by Gasteiger charge is -2.68. The van der Waals surface area contributed by atoms with Crippen LogP contribution >= 0.6 is 0 Å². The lowest BCUT2D eigenvalue weighted by molar-refractivity contribution is -0.200. The van der Waals surface area contributed by atoms with Gasteiger partial charge in [0, 0.05) is 42.2 Å². The summed E-state index contributed by atoms with van der Waals surface area (Å²) in [5.41, 5.74) is 12.5. The van der Waals surface area contributed by atoms with Crippen LogP contribution in [0.5, 0.6) is 5.88 Å². The molecule has 5 heterocycles. The minimum atomic E-state index is -0.178. The summed E-state index contributed by atoms with van der Waals surface area (Å²) >= 11 is 0. The SMILES string of the molecule is COc1cc(C(=O)N2C[C@H](N)[C@@H]3CC[C@H]2C3)cc2nc(-c3cc4ccc([C@@H](C)NC(=O)C56CC(C)(C5)C6)nc4n3CC3CC3)c(C)n12. The van der Waals surface area contributed by atoms with Gasteiger partial charge in [0.1, 0.15) is 17.0 Å². The summed E-state index contributed by atoms with van der Waals surface area (Å²) in [6.07, 6.45) is 8.53. The Kier molecular flexibility index (Phi) is 6.25. The van der Waals surface area contributed by atoms with E-state index in [0.29, 0.717) is 40.9 Å². The standard InChI is InChI=1S/C37H45N7O3/c1-20(39-35(46)37-17-36(3,18-37)19-37)28-10-8-24-12-29(43(33(24)40-28)15-22-5-6-22)32-21(2)44-30(41-32)13-25(14-31(44)47-4)34(45)42-16-27(38)23-7-9-26(42)11-23/h8,10,12-14,20,22-23,26-27H,5-7,9,11,15-19,38H2,1-4H3,(H,39,46)/t20-,23-,26+,27+,36?,37?/m1/s1. The van der Waals surface area contributed by atoms with E-state index in [4.69, 9.17) is 20.4 Å². The zero-order valence-electron chi connectivity index (χ0n) is 27.9. The average molecular weight is 636 g/mol. The van der Waals surface area contributed by atoms with E-state index in [-0.39, 0.29) is 35.4 Å². The second-order valence-corrected chi connectivity index (χ2v) is 15.9. The zero-order valence-corrected chi connectivity index (χ0v) is 27.9. The van der Waals surface area contributed by atoms with Crippen molar-refractivity contribution in [3.8, 4) is 17.3 Å². The first-order chi connectivity index (χ1) is 22.5. The van der Waals surface area contributed by atoms with Gasteiger partial charge >= 0.3 is 0 Å². The number of nitrogens with one attached hydrogen (secondary N) is 1. The van der Waals surface area contributed by atoms with Crippen LogP contribution < -0.4 is 15.8 Å². The van der Waals surface area contributed by atoms with Crippen LogP contribution in [0.4, 0.5) is 0 Å². The molecule has 6 fully saturated rings. The number of aryl methyl sites for hydroxylation is 1. The van der Waals surface area contributed by atoms with Crippen LogP contribution in [0.25, 0.3) is 28.1 Å². The fourth-order valence-electron chi connectivity index (χ4n) is 9.68. The smallest absolute Gasteiger partial charge is 0.254 e. The molecule has 1 aliphatic heterocycles. The van der Waals surface area contributed by atoms with Crippen molar-refractivity contribution in [2.24, 2.45) is 28.4 Å². The minimum Gasteiger partial charge on any atom is -0.482 e. The molecule has 4 atom stereocenters. The molecule has 3 N–H and O–H groups in total. The maximum atomic E-state index is 13.9. The Morgan fingerprint density at radius 1 is 1.11 bits per heavy atom. The number of nitrogens with zero attached hydrogens (tertiary/aromatic N) is 5. The van der Waals surface area contributed by atoms with Gasteiger partial charge in [-0.25, -0.2) is 9.97 Å². The third kappa shape index (κ3) is 4.46. The molecular formula is C37H45N7O3. The molecule has 47 heavy (non-hydrogen) atoms. The Bertz CT molecular complexity index is 1950. The van der Waals surface area contributed by atoms with Crippen LogP contribution in [0.3, 0.4) is 0 Å². The maximum Gasteiger partial charge on any atom is 0.254 e. The van der Waals surface area contributed by atoms with Crippen molar-refractivity contribution >= 4 is 28.5 Å². The molecule has 2 amide bonds. The van der Waals surface area contributed by atoms with Gasteiger partial charge in [-0.05, 0) is 107 Å². The first kappa shape index (κ1) is 29.2. The van der Waals surface area contributed by atoms with Gasteiger partial charge in [-0.2, -0.15) is 0 Å². The minimum absolute atomic E-state index is 0.00201. The molecule has 246 valence electrons. The fourth-order valence-corrected chi connectivity index (χ4v) is 9.68. The van der Waals surface area contributed by atoms with Gasteiger partial charge < -0.3 is 25.3 Å². The van der Waals surface area contributed by atoms with E-state index in [1.165, 1.54) is 12.8 Å².